The number of aryl methyl sites for hydroxylation is 2. The van der Waals surface area contributed by atoms with E-state index >= 15 is 0 Å². The van der Waals surface area contributed by atoms with Crippen molar-refractivity contribution in [2.45, 2.75) is 46.0 Å². The van der Waals surface area contributed by atoms with Crippen LogP contribution in [0.2, 0.25) is 0 Å². The molecule has 0 saturated carbocycles. The van der Waals surface area contributed by atoms with E-state index in [0.29, 0.717) is 0 Å². The fraction of sp³-hybridized carbons (Fsp3) is 0.241. The summed E-state index contributed by atoms with van der Waals surface area (Å²) in [4.78, 5) is 0. The largest absolute Gasteiger partial charge is 0.134 e. The summed E-state index contributed by atoms with van der Waals surface area (Å²) >= 11 is 3.86. The van der Waals surface area contributed by atoms with Gasteiger partial charge in [-0.1, -0.05) is 73.9 Å². The fourth-order valence-corrected chi connectivity index (χ4v) is 6.83. The number of hydrogen-bond donors (Lipinski definition) is 0. The summed E-state index contributed by atoms with van der Waals surface area (Å²) < 4.78 is 5.62. The van der Waals surface area contributed by atoms with Crippen LogP contribution in [0, 0.1) is 18.8 Å². The van der Waals surface area contributed by atoms with Crippen LogP contribution in [0.25, 0.3) is 29.6 Å². The van der Waals surface area contributed by atoms with Crippen LogP contribution in [0.3, 0.4) is 0 Å². The Morgan fingerprint density at radius 3 is 2.06 bits per heavy atom. The van der Waals surface area contributed by atoms with Crippen molar-refractivity contribution in [1.82, 2.24) is 0 Å². The van der Waals surface area contributed by atoms with E-state index in [1.165, 1.54) is 72.8 Å². The molecule has 3 aromatic carbocycles. The normalized spacial score (nSPS) is 11.3. The number of unbranched alkanes of at least 4 members (excludes halogenated alkanes) is 3. The van der Waals surface area contributed by atoms with Crippen LogP contribution in [0.1, 0.15) is 54.9 Å². The van der Waals surface area contributed by atoms with Gasteiger partial charge in [0.1, 0.15) is 0 Å². The molecule has 0 aliphatic rings. The minimum atomic E-state index is 1.06. The van der Waals surface area contributed by atoms with Gasteiger partial charge in [-0.15, -0.1) is 22.7 Å². The van der Waals surface area contributed by atoms with Gasteiger partial charge in [-0.3, -0.25) is 0 Å². The second-order valence-corrected chi connectivity index (χ2v) is 10.4. The lowest BCUT2D eigenvalue weighted by Gasteiger charge is -2.01. The Kier molecular flexibility index (Phi) is 5.81. The summed E-state index contributed by atoms with van der Waals surface area (Å²) in [5, 5.41) is 2.78. The van der Waals surface area contributed by atoms with Crippen LogP contribution in [0.4, 0.5) is 0 Å². The highest BCUT2D eigenvalue weighted by Gasteiger charge is 2.12. The third kappa shape index (κ3) is 4.26. The first-order valence-electron chi connectivity index (χ1n) is 11.2. The molecule has 0 N–H and O–H groups in total. The zero-order valence-electron chi connectivity index (χ0n) is 18.1. The Bertz CT molecular complexity index is 1420. The molecule has 154 valence electrons. The van der Waals surface area contributed by atoms with Gasteiger partial charge < -0.3 is 0 Å². The van der Waals surface area contributed by atoms with Crippen molar-refractivity contribution in [3.8, 4) is 11.8 Å². The van der Waals surface area contributed by atoms with Crippen molar-refractivity contribution in [2.24, 2.45) is 0 Å². The van der Waals surface area contributed by atoms with E-state index in [0.717, 1.165) is 11.1 Å². The third-order valence-corrected chi connectivity index (χ3v) is 8.37. The summed E-state index contributed by atoms with van der Waals surface area (Å²) in [5.41, 5.74) is 4.90. The smallest absolute Gasteiger partial charge is 0.0542 e. The molecule has 0 saturated heterocycles. The van der Waals surface area contributed by atoms with Crippen LogP contribution < -0.4 is 0 Å². The molecule has 0 fully saturated rings. The zero-order valence-corrected chi connectivity index (χ0v) is 19.8. The molecule has 31 heavy (non-hydrogen) atoms. The Morgan fingerprint density at radius 2 is 1.32 bits per heavy atom. The van der Waals surface area contributed by atoms with Gasteiger partial charge in [0, 0.05) is 31.3 Å². The Balaban J connectivity index is 1.45. The van der Waals surface area contributed by atoms with Crippen molar-refractivity contribution >= 4 is 52.2 Å². The van der Waals surface area contributed by atoms with Crippen molar-refractivity contribution < 1.29 is 0 Å². The van der Waals surface area contributed by atoms with Crippen LogP contribution in [0.5, 0.6) is 0 Å². The van der Waals surface area contributed by atoms with Crippen molar-refractivity contribution in [3.63, 3.8) is 0 Å². The predicted octanol–water partition coefficient (Wildman–Crippen LogP) is 9.10. The molecule has 0 bridgehead atoms. The van der Waals surface area contributed by atoms with E-state index in [1.54, 1.807) is 0 Å². The molecule has 0 unspecified atom stereocenters. The molecular formula is C29H26S2. The lowest BCUT2D eigenvalue weighted by Crippen LogP contribution is -1.85. The van der Waals surface area contributed by atoms with Gasteiger partial charge in [0.15, 0.2) is 0 Å². The molecule has 0 aliphatic carbocycles. The monoisotopic (exact) mass is 438 g/mol. The van der Waals surface area contributed by atoms with Gasteiger partial charge in [-0.25, -0.2) is 0 Å². The predicted molar refractivity (Wildman–Crippen MR) is 140 cm³/mol. The van der Waals surface area contributed by atoms with E-state index in [1.807, 2.05) is 22.7 Å². The van der Waals surface area contributed by atoms with Gasteiger partial charge in [-0.05, 0) is 55.7 Å². The Hall–Kier alpha value is -2.60. The lowest BCUT2D eigenvalue weighted by atomic mass is 10.1. The number of rotatable bonds is 5. The maximum atomic E-state index is 3.34. The summed E-state index contributed by atoms with van der Waals surface area (Å²) in [5.74, 6) is 6.64. The van der Waals surface area contributed by atoms with Crippen molar-refractivity contribution in [3.05, 3.63) is 82.9 Å². The topological polar surface area (TPSA) is 0 Å². The Morgan fingerprint density at radius 1 is 0.677 bits per heavy atom. The molecule has 0 aliphatic heterocycles. The van der Waals surface area contributed by atoms with Gasteiger partial charge >= 0.3 is 0 Å². The fourth-order valence-electron chi connectivity index (χ4n) is 4.07. The molecule has 5 aromatic rings. The summed E-state index contributed by atoms with van der Waals surface area (Å²) in [6, 6.07) is 22.2. The van der Waals surface area contributed by atoms with Crippen molar-refractivity contribution in [2.75, 3.05) is 0 Å². The molecule has 2 aromatic heterocycles. The second-order valence-electron chi connectivity index (χ2n) is 8.33. The quantitative estimate of drug-likeness (QED) is 0.189. The van der Waals surface area contributed by atoms with E-state index in [-0.39, 0.29) is 0 Å². The maximum Gasteiger partial charge on any atom is 0.0542 e. The van der Waals surface area contributed by atoms with Gasteiger partial charge in [0.25, 0.3) is 0 Å². The van der Waals surface area contributed by atoms with Gasteiger partial charge in [-0.2, -0.15) is 0 Å². The standard InChI is InChI=1S/C29H26S2/c1-3-4-5-6-7-22-14-16-24-26(18-22)30-29-25-17-15-23(19-27(25)31-28(24)29)13-12-21-10-8-20(2)9-11-21/h8-11,14-19H,3-7H2,1-2H3. The first-order valence-corrected chi connectivity index (χ1v) is 12.8. The highest BCUT2D eigenvalue weighted by atomic mass is 32.1. The minimum Gasteiger partial charge on any atom is -0.134 e. The third-order valence-electron chi connectivity index (χ3n) is 5.87. The van der Waals surface area contributed by atoms with Gasteiger partial charge in [0.2, 0.25) is 0 Å². The molecule has 2 heterocycles. The molecule has 0 spiro atoms. The first kappa shape index (κ1) is 20.3. The van der Waals surface area contributed by atoms with Crippen LogP contribution in [-0.4, -0.2) is 0 Å². The number of fused-ring (bicyclic) bond motifs is 5. The lowest BCUT2D eigenvalue weighted by molar-refractivity contribution is 0.667. The summed E-state index contributed by atoms with van der Waals surface area (Å²) in [6.45, 7) is 4.38. The molecule has 0 amide bonds. The minimum absolute atomic E-state index is 1.06. The number of hydrogen-bond acceptors (Lipinski definition) is 2. The molecule has 5 rings (SSSR count). The molecular weight excluding hydrogens is 412 g/mol. The maximum absolute atomic E-state index is 3.34. The molecule has 0 nitrogen and oxygen atoms in total. The zero-order chi connectivity index (χ0) is 21.2. The van der Waals surface area contributed by atoms with E-state index in [4.69, 9.17) is 0 Å². The molecule has 0 radical (unpaired) electrons. The van der Waals surface area contributed by atoms with E-state index in [9.17, 15) is 0 Å². The second kappa shape index (κ2) is 8.87. The first-order chi connectivity index (χ1) is 15.2. The molecule has 2 heteroatoms. The SMILES string of the molecule is CCCCCCc1ccc2c(c1)sc1c3ccc(C#Cc4ccc(C)cc4)cc3sc21. The summed E-state index contributed by atoms with van der Waals surface area (Å²) in [7, 11) is 0. The van der Waals surface area contributed by atoms with E-state index in [2.05, 4.69) is 86.4 Å². The Labute approximate surface area is 192 Å². The van der Waals surface area contributed by atoms with Gasteiger partial charge in [0.05, 0.1) is 9.40 Å². The van der Waals surface area contributed by atoms with E-state index < -0.39 is 0 Å². The van der Waals surface area contributed by atoms with Crippen LogP contribution in [-0.2, 0) is 6.42 Å². The average molecular weight is 439 g/mol. The molecule has 0 atom stereocenters. The number of benzene rings is 3. The summed E-state index contributed by atoms with van der Waals surface area (Å²) in [6.07, 6.45) is 6.49. The van der Waals surface area contributed by atoms with Crippen molar-refractivity contribution in [1.29, 1.82) is 0 Å². The number of thiophene rings is 2. The average Bonchev–Trinajstić information content (AvgIpc) is 3.31. The van der Waals surface area contributed by atoms with Crippen LogP contribution >= 0.6 is 22.7 Å². The van der Waals surface area contributed by atoms with Crippen LogP contribution in [0.15, 0.2) is 60.7 Å². The highest BCUT2D eigenvalue weighted by molar-refractivity contribution is 7.36. The highest BCUT2D eigenvalue weighted by Crippen LogP contribution is 2.44.